The summed E-state index contributed by atoms with van der Waals surface area (Å²) in [5, 5.41) is 0. The maximum Gasteiger partial charge on any atom is 0.223 e. The van der Waals surface area contributed by atoms with Gasteiger partial charge in [-0.05, 0) is 36.8 Å². The third kappa shape index (κ3) is 2.97. The molecule has 1 amide bonds. The average molecular weight is 339 g/mol. The summed E-state index contributed by atoms with van der Waals surface area (Å²) in [6.45, 7) is 4.19. The summed E-state index contributed by atoms with van der Waals surface area (Å²) in [4.78, 5) is 19.5. The first kappa shape index (κ1) is 16.3. The van der Waals surface area contributed by atoms with Gasteiger partial charge >= 0.3 is 0 Å². The molecule has 1 aromatic heterocycles. The van der Waals surface area contributed by atoms with Gasteiger partial charge in [-0.1, -0.05) is 24.3 Å². The third-order valence-electron chi connectivity index (χ3n) is 5.59. The molecule has 5 nitrogen and oxygen atoms in total. The smallest absolute Gasteiger partial charge is 0.223 e. The van der Waals surface area contributed by atoms with Crippen LogP contribution in [0.4, 0.5) is 0 Å². The molecular weight excluding hydrogens is 314 g/mol. The number of carbonyl (C=O) groups is 1. The molecule has 2 aromatic rings. The fourth-order valence-corrected chi connectivity index (χ4v) is 4.32. The van der Waals surface area contributed by atoms with E-state index in [0.29, 0.717) is 18.9 Å². The van der Waals surface area contributed by atoms with E-state index >= 15 is 0 Å². The van der Waals surface area contributed by atoms with E-state index in [4.69, 9.17) is 4.74 Å². The second kappa shape index (κ2) is 6.64. The highest BCUT2D eigenvalue weighted by Gasteiger charge is 2.32. The quantitative estimate of drug-likeness (QED) is 0.860. The predicted molar refractivity (Wildman–Crippen MR) is 95.0 cm³/mol. The van der Waals surface area contributed by atoms with E-state index in [-0.39, 0.29) is 11.9 Å². The zero-order valence-electron chi connectivity index (χ0n) is 14.9. The second-order valence-electron chi connectivity index (χ2n) is 7.20. The Morgan fingerprint density at radius 2 is 1.96 bits per heavy atom. The van der Waals surface area contributed by atoms with E-state index in [1.165, 1.54) is 11.1 Å². The van der Waals surface area contributed by atoms with Crippen molar-refractivity contribution in [1.82, 2.24) is 14.5 Å². The number of amides is 1. The minimum absolute atomic E-state index is 0.0237. The summed E-state index contributed by atoms with van der Waals surface area (Å²) >= 11 is 0. The Kier molecular flexibility index (Phi) is 4.34. The lowest BCUT2D eigenvalue weighted by Gasteiger charge is -2.35. The maximum absolute atomic E-state index is 12.9. The van der Waals surface area contributed by atoms with Crippen molar-refractivity contribution in [2.45, 2.75) is 45.4 Å². The van der Waals surface area contributed by atoms with Crippen LogP contribution in [0.2, 0.25) is 0 Å². The van der Waals surface area contributed by atoms with Gasteiger partial charge in [-0.2, -0.15) is 0 Å². The van der Waals surface area contributed by atoms with Crippen molar-refractivity contribution in [3.63, 3.8) is 0 Å². The van der Waals surface area contributed by atoms with Crippen LogP contribution >= 0.6 is 0 Å². The molecule has 1 aliphatic carbocycles. The summed E-state index contributed by atoms with van der Waals surface area (Å²) in [7, 11) is 1.70. The van der Waals surface area contributed by atoms with Gasteiger partial charge < -0.3 is 14.2 Å². The maximum atomic E-state index is 12.9. The molecule has 132 valence electrons. The molecule has 0 saturated heterocycles. The Bertz CT molecular complexity index is 758. The molecule has 1 aromatic carbocycles. The number of ether oxygens (including phenoxy) is 1. The molecule has 4 rings (SSSR count). The number of hydrogen-bond donors (Lipinski definition) is 0. The van der Waals surface area contributed by atoms with Crippen LogP contribution in [-0.4, -0.2) is 34.0 Å². The van der Waals surface area contributed by atoms with Gasteiger partial charge in [0.1, 0.15) is 5.82 Å². The topological polar surface area (TPSA) is 47.4 Å². The van der Waals surface area contributed by atoms with E-state index in [1.807, 2.05) is 11.1 Å². The van der Waals surface area contributed by atoms with Crippen LogP contribution in [0.5, 0.6) is 0 Å². The van der Waals surface area contributed by atoms with Crippen LogP contribution in [-0.2, 0) is 35.5 Å². The van der Waals surface area contributed by atoms with Crippen molar-refractivity contribution in [1.29, 1.82) is 0 Å². The van der Waals surface area contributed by atoms with Crippen molar-refractivity contribution in [2.24, 2.45) is 5.92 Å². The minimum atomic E-state index is 0.0237. The molecule has 5 heteroatoms. The summed E-state index contributed by atoms with van der Waals surface area (Å²) in [6, 6.07) is 8.59. The Hall–Kier alpha value is -2.14. The molecule has 1 aliphatic heterocycles. The SMILES string of the molecule is COCc1cnc2n1CCN(C(=O)CC1Cc3ccccc3C1)[C@@H]2C. The highest BCUT2D eigenvalue weighted by Crippen LogP contribution is 2.31. The summed E-state index contributed by atoms with van der Waals surface area (Å²) < 4.78 is 7.44. The highest BCUT2D eigenvalue weighted by molar-refractivity contribution is 5.77. The first-order chi connectivity index (χ1) is 12.2. The van der Waals surface area contributed by atoms with Crippen LogP contribution < -0.4 is 0 Å². The molecule has 0 bridgehead atoms. The fraction of sp³-hybridized carbons (Fsp3) is 0.500. The van der Waals surface area contributed by atoms with Crippen molar-refractivity contribution in [3.05, 3.63) is 53.1 Å². The first-order valence-corrected chi connectivity index (χ1v) is 9.07. The van der Waals surface area contributed by atoms with Gasteiger partial charge in [-0.3, -0.25) is 4.79 Å². The molecule has 0 spiro atoms. The van der Waals surface area contributed by atoms with Crippen LogP contribution in [0.25, 0.3) is 0 Å². The molecule has 2 aliphatic rings. The minimum Gasteiger partial charge on any atom is -0.378 e. The van der Waals surface area contributed by atoms with E-state index in [2.05, 4.69) is 40.7 Å². The normalized spacial score (nSPS) is 19.8. The highest BCUT2D eigenvalue weighted by atomic mass is 16.5. The van der Waals surface area contributed by atoms with E-state index in [0.717, 1.165) is 37.4 Å². The molecule has 0 saturated carbocycles. The van der Waals surface area contributed by atoms with Crippen LogP contribution in [0, 0.1) is 5.92 Å². The Labute approximate surface area is 148 Å². The summed E-state index contributed by atoms with van der Waals surface area (Å²) in [6.07, 6.45) is 4.55. The van der Waals surface area contributed by atoms with Crippen LogP contribution in [0.1, 0.15) is 42.0 Å². The van der Waals surface area contributed by atoms with Crippen molar-refractivity contribution in [3.8, 4) is 0 Å². The van der Waals surface area contributed by atoms with E-state index in [1.54, 1.807) is 7.11 Å². The number of nitrogens with zero attached hydrogens (tertiary/aromatic N) is 3. The molecule has 25 heavy (non-hydrogen) atoms. The van der Waals surface area contributed by atoms with Gasteiger partial charge in [0.2, 0.25) is 5.91 Å². The molecular formula is C20H25N3O2. The van der Waals surface area contributed by atoms with E-state index < -0.39 is 0 Å². The Balaban J connectivity index is 1.43. The Morgan fingerprint density at radius 3 is 2.64 bits per heavy atom. The molecule has 1 atom stereocenters. The van der Waals surface area contributed by atoms with Gasteiger partial charge in [0.25, 0.3) is 0 Å². The lowest BCUT2D eigenvalue weighted by atomic mass is 10.0. The van der Waals surface area contributed by atoms with Crippen molar-refractivity contribution < 1.29 is 9.53 Å². The van der Waals surface area contributed by atoms with Gasteiger partial charge in [0.15, 0.2) is 0 Å². The second-order valence-corrected chi connectivity index (χ2v) is 7.20. The average Bonchev–Trinajstić information content (AvgIpc) is 3.19. The number of fused-ring (bicyclic) bond motifs is 2. The zero-order chi connectivity index (χ0) is 17.4. The van der Waals surface area contributed by atoms with Gasteiger partial charge in [0.05, 0.1) is 24.5 Å². The molecule has 0 radical (unpaired) electrons. The van der Waals surface area contributed by atoms with Crippen molar-refractivity contribution >= 4 is 5.91 Å². The molecule has 0 unspecified atom stereocenters. The number of benzene rings is 1. The van der Waals surface area contributed by atoms with E-state index in [9.17, 15) is 4.79 Å². The number of imidazole rings is 1. The molecule has 2 heterocycles. The summed E-state index contributed by atoms with van der Waals surface area (Å²) in [5.41, 5.74) is 3.90. The number of hydrogen-bond acceptors (Lipinski definition) is 3. The van der Waals surface area contributed by atoms with Crippen molar-refractivity contribution in [2.75, 3.05) is 13.7 Å². The number of methoxy groups -OCH3 is 1. The first-order valence-electron chi connectivity index (χ1n) is 9.07. The number of aromatic nitrogens is 2. The molecule has 0 N–H and O–H groups in total. The lowest BCUT2D eigenvalue weighted by molar-refractivity contribution is -0.135. The monoisotopic (exact) mass is 339 g/mol. The Morgan fingerprint density at radius 1 is 1.24 bits per heavy atom. The third-order valence-corrected chi connectivity index (χ3v) is 5.59. The van der Waals surface area contributed by atoms with Crippen LogP contribution in [0.3, 0.4) is 0 Å². The molecule has 0 fully saturated rings. The van der Waals surface area contributed by atoms with Crippen LogP contribution in [0.15, 0.2) is 30.5 Å². The van der Waals surface area contributed by atoms with Gasteiger partial charge in [-0.25, -0.2) is 4.98 Å². The standard InChI is InChI=1S/C20H25N3O2/c1-14-20-21-12-18(13-25-2)23(20)8-7-22(14)19(24)11-15-9-16-5-3-4-6-17(16)10-15/h3-6,12,14-15H,7-11,13H2,1-2H3/t14-/m1/s1. The fourth-order valence-electron chi connectivity index (χ4n) is 4.32. The largest absolute Gasteiger partial charge is 0.378 e. The lowest BCUT2D eigenvalue weighted by Crippen LogP contribution is -2.42. The predicted octanol–water partition coefficient (Wildman–Crippen LogP) is 2.74. The number of rotatable bonds is 4. The summed E-state index contributed by atoms with van der Waals surface area (Å²) in [5.74, 6) is 1.66. The van der Waals surface area contributed by atoms with Gasteiger partial charge in [-0.15, -0.1) is 0 Å². The van der Waals surface area contributed by atoms with Gasteiger partial charge in [0, 0.05) is 26.6 Å². The number of carbonyl (C=O) groups excluding carboxylic acids is 1. The zero-order valence-corrected chi connectivity index (χ0v) is 14.9.